The molecule has 0 bridgehead atoms. The van der Waals surface area contributed by atoms with E-state index < -0.39 is 0 Å². The third kappa shape index (κ3) is 4.83. The highest BCUT2D eigenvalue weighted by Gasteiger charge is 2.10. The van der Waals surface area contributed by atoms with Gasteiger partial charge in [-0.2, -0.15) is 0 Å². The van der Waals surface area contributed by atoms with Crippen LogP contribution >= 0.6 is 0 Å². The van der Waals surface area contributed by atoms with Crippen molar-refractivity contribution in [1.82, 2.24) is 5.32 Å². The number of nitrogens with one attached hydrogen (secondary N) is 1. The monoisotopic (exact) mass is 285 g/mol. The zero-order valence-electron chi connectivity index (χ0n) is 13.3. The van der Waals surface area contributed by atoms with E-state index in [9.17, 15) is 0 Å². The molecule has 0 aliphatic heterocycles. The van der Waals surface area contributed by atoms with E-state index in [2.05, 4.69) is 61.6 Å². The van der Waals surface area contributed by atoms with Crippen molar-refractivity contribution in [3.63, 3.8) is 0 Å². The molecule has 0 amide bonds. The van der Waals surface area contributed by atoms with Crippen LogP contribution in [0.3, 0.4) is 0 Å². The van der Waals surface area contributed by atoms with Crippen LogP contribution in [0.5, 0.6) is 0 Å². The maximum absolute atomic E-state index is 5.53. The molecular formula is C19H27NO. The zero-order valence-corrected chi connectivity index (χ0v) is 13.3. The molecule has 2 heteroatoms. The molecule has 114 valence electrons. The third-order valence-corrected chi connectivity index (χ3v) is 3.84. The highest BCUT2D eigenvalue weighted by atomic mass is 16.5. The Morgan fingerprint density at radius 3 is 2.67 bits per heavy atom. The predicted octanol–water partition coefficient (Wildman–Crippen LogP) is 4.18. The van der Waals surface area contributed by atoms with E-state index in [0.717, 1.165) is 32.6 Å². The fourth-order valence-corrected chi connectivity index (χ4v) is 2.73. The smallest absolute Gasteiger partial charge is 0.0480 e. The summed E-state index contributed by atoms with van der Waals surface area (Å²) >= 11 is 0. The summed E-state index contributed by atoms with van der Waals surface area (Å²) in [6.07, 6.45) is 3.30. The van der Waals surface area contributed by atoms with Crippen molar-refractivity contribution < 1.29 is 4.74 Å². The molecule has 1 unspecified atom stereocenters. The van der Waals surface area contributed by atoms with Crippen LogP contribution in [-0.4, -0.2) is 25.8 Å². The molecule has 0 spiro atoms. The van der Waals surface area contributed by atoms with E-state index in [1.54, 1.807) is 0 Å². The van der Waals surface area contributed by atoms with Gasteiger partial charge in [-0.1, -0.05) is 49.4 Å². The molecule has 1 atom stereocenters. The van der Waals surface area contributed by atoms with Gasteiger partial charge in [0.2, 0.25) is 0 Å². The lowest BCUT2D eigenvalue weighted by atomic mass is 9.97. The largest absolute Gasteiger partial charge is 0.382 e. The number of hydrogen-bond acceptors (Lipinski definition) is 2. The Bertz CT molecular complexity index is 533. The number of hydrogen-bond donors (Lipinski definition) is 1. The van der Waals surface area contributed by atoms with E-state index in [1.165, 1.54) is 22.8 Å². The molecule has 2 aromatic carbocycles. The first-order valence-corrected chi connectivity index (χ1v) is 8.13. The van der Waals surface area contributed by atoms with Crippen molar-refractivity contribution in [1.29, 1.82) is 0 Å². The molecule has 2 nitrogen and oxygen atoms in total. The van der Waals surface area contributed by atoms with Crippen molar-refractivity contribution in [3.05, 3.63) is 48.0 Å². The van der Waals surface area contributed by atoms with Gasteiger partial charge in [0.25, 0.3) is 0 Å². The molecular weight excluding hydrogens is 258 g/mol. The average Bonchev–Trinajstić information content (AvgIpc) is 2.53. The van der Waals surface area contributed by atoms with E-state index in [1.807, 2.05) is 0 Å². The number of ether oxygens (including phenoxy) is 1. The lowest BCUT2D eigenvalue weighted by molar-refractivity contribution is 0.136. The molecule has 0 saturated carbocycles. The van der Waals surface area contributed by atoms with Crippen molar-refractivity contribution in [2.24, 2.45) is 0 Å². The van der Waals surface area contributed by atoms with E-state index in [0.29, 0.717) is 6.04 Å². The van der Waals surface area contributed by atoms with Crippen LogP contribution in [0.2, 0.25) is 0 Å². The molecule has 0 aliphatic carbocycles. The SMILES string of the molecule is CCCNC(CCOCC)Cc1cccc2ccccc12. The molecule has 21 heavy (non-hydrogen) atoms. The van der Waals surface area contributed by atoms with E-state index in [-0.39, 0.29) is 0 Å². The number of fused-ring (bicyclic) bond motifs is 1. The van der Waals surface area contributed by atoms with Gasteiger partial charge in [0, 0.05) is 19.3 Å². The highest BCUT2D eigenvalue weighted by molar-refractivity contribution is 5.85. The fraction of sp³-hybridized carbons (Fsp3) is 0.474. The van der Waals surface area contributed by atoms with Gasteiger partial charge < -0.3 is 10.1 Å². The Morgan fingerprint density at radius 1 is 1.05 bits per heavy atom. The van der Waals surface area contributed by atoms with Gasteiger partial charge in [-0.15, -0.1) is 0 Å². The van der Waals surface area contributed by atoms with Crippen LogP contribution in [0.4, 0.5) is 0 Å². The first kappa shape index (κ1) is 16.0. The minimum absolute atomic E-state index is 0.488. The average molecular weight is 285 g/mol. The quantitative estimate of drug-likeness (QED) is 0.698. The van der Waals surface area contributed by atoms with Crippen molar-refractivity contribution in [3.8, 4) is 0 Å². The molecule has 2 aromatic rings. The standard InChI is InChI=1S/C19H27NO/c1-3-13-20-18(12-14-21-4-2)15-17-10-7-9-16-8-5-6-11-19(16)17/h5-11,18,20H,3-4,12-15H2,1-2H3. The molecule has 0 fully saturated rings. The molecule has 0 radical (unpaired) electrons. The Labute approximate surface area is 128 Å². The molecule has 0 aliphatic rings. The summed E-state index contributed by atoms with van der Waals surface area (Å²) in [5, 5.41) is 6.36. The minimum Gasteiger partial charge on any atom is -0.382 e. The summed E-state index contributed by atoms with van der Waals surface area (Å²) < 4.78 is 5.53. The molecule has 1 N–H and O–H groups in total. The predicted molar refractivity (Wildman–Crippen MR) is 90.8 cm³/mol. The van der Waals surface area contributed by atoms with E-state index >= 15 is 0 Å². The maximum atomic E-state index is 5.53. The van der Waals surface area contributed by atoms with Gasteiger partial charge in [0.05, 0.1) is 0 Å². The maximum Gasteiger partial charge on any atom is 0.0480 e. The Hall–Kier alpha value is -1.38. The second-order valence-electron chi connectivity index (χ2n) is 5.48. The van der Waals surface area contributed by atoms with Crippen molar-refractivity contribution >= 4 is 10.8 Å². The minimum atomic E-state index is 0.488. The molecule has 0 aromatic heterocycles. The fourth-order valence-electron chi connectivity index (χ4n) is 2.73. The Kier molecular flexibility index (Phi) is 6.71. The summed E-state index contributed by atoms with van der Waals surface area (Å²) in [5.41, 5.74) is 1.43. The summed E-state index contributed by atoms with van der Waals surface area (Å²) in [6, 6.07) is 15.7. The molecule has 2 rings (SSSR count). The van der Waals surface area contributed by atoms with Crippen molar-refractivity contribution in [2.75, 3.05) is 19.8 Å². The van der Waals surface area contributed by atoms with Crippen LogP contribution in [0.25, 0.3) is 10.8 Å². The lowest BCUT2D eigenvalue weighted by Crippen LogP contribution is -2.33. The summed E-state index contributed by atoms with van der Waals surface area (Å²) in [6.45, 7) is 6.97. The van der Waals surface area contributed by atoms with Crippen molar-refractivity contribution in [2.45, 2.75) is 39.2 Å². The van der Waals surface area contributed by atoms with Crippen LogP contribution in [-0.2, 0) is 11.2 Å². The van der Waals surface area contributed by atoms with E-state index in [4.69, 9.17) is 4.74 Å². The first-order valence-electron chi connectivity index (χ1n) is 8.13. The van der Waals surface area contributed by atoms with Crippen LogP contribution in [0.15, 0.2) is 42.5 Å². The lowest BCUT2D eigenvalue weighted by Gasteiger charge is -2.19. The van der Waals surface area contributed by atoms with Crippen LogP contribution < -0.4 is 5.32 Å². The third-order valence-electron chi connectivity index (χ3n) is 3.84. The Balaban J connectivity index is 2.09. The van der Waals surface area contributed by atoms with Gasteiger partial charge >= 0.3 is 0 Å². The highest BCUT2D eigenvalue weighted by Crippen LogP contribution is 2.20. The van der Waals surface area contributed by atoms with Gasteiger partial charge in [-0.25, -0.2) is 0 Å². The van der Waals surface area contributed by atoms with Gasteiger partial charge in [0.15, 0.2) is 0 Å². The zero-order chi connectivity index (χ0) is 14.9. The van der Waals surface area contributed by atoms with Crippen LogP contribution in [0, 0.1) is 0 Å². The number of rotatable bonds is 9. The van der Waals surface area contributed by atoms with Gasteiger partial charge in [-0.3, -0.25) is 0 Å². The molecule has 0 saturated heterocycles. The second kappa shape index (κ2) is 8.81. The second-order valence-corrected chi connectivity index (χ2v) is 5.48. The summed E-state index contributed by atoms with van der Waals surface area (Å²) in [7, 11) is 0. The Morgan fingerprint density at radius 2 is 1.86 bits per heavy atom. The van der Waals surface area contributed by atoms with Gasteiger partial charge in [-0.05, 0) is 49.1 Å². The van der Waals surface area contributed by atoms with Crippen LogP contribution in [0.1, 0.15) is 32.3 Å². The summed E-state index contributed by atoms with van der Waals surface area (Å²) in [5.74, 6) is 0. The first-order chi connectivity index (χ1) is 10.3. The van der Waals surface area contributed by atoms with Gasteiger partial charge in [0.1, 0.15) is 0 Å². The normalized spacial score (nSPS) is 12.7. The summed E-state index contributed by atoms with van der Waals surface area (Å²) in [4.78, 5) is 0. The molecule has 0 heterocycles. The number of benzene rings is 2. The topological polar surface area (TPSA) is 21.3 Å².